The Kier molecular flexibility index (Phi) is 2.39. The maximum atomic E-state index is 4.77. The van der Waals surface area contributed by atoms with Crippen LogP contribution >= 0.6 is 0 Å². The zero-order chi connectivity index (χ0) is 10.3. The van der Waals surface area contributed by atoms with E-state index in [1.165, 1.54) is 34.9 Å². The van der Waals surface area contributed by atoms with E-state index in [-0.39, 0.29) is 0 Å². The number of fused-ring (bicyclic) bond motifs is 1. The predicted octanol–water partition coefficient (Wildman–Crippen LogP) is 1.71. The van der Waals surface area contributed by atoms with Gasteiger partial charge in [-0.3, -0.25) is 0 Å². The molecule has 1 aromatic carbocycles. The Balaban J connectivity index is 2.04. The molecule has 0 N–H and O–H groups in total. The van der Waals surface area contributed by atoms with Crippen LogP contribution in [0.25, 0.3) is 9.65 Å². The van der Waals surface area contributed by atoms with Crippen LogP contribution in [0.5, 0.6) is 0 Å². The molecule has 2 nitrogen and oxygen atoms in total. The topological polar surface area (TPSA) is 16.1 Å². The molecule has 2 heterocycles. The summed E-state index contributed by atoms with van der Waals surface area (Å²) in [6.45, 7) is 2.40. The summed E-state index contributed by atoms with van der Waals surface area (Å²) in [5.41, 5.74) is 1.38. The normalized spacial score (nSPS) is 22.6. The van der Waals surface area contributed by atoms with Crippen LogP contribution in [-0.2, 0) is 0 Å². The van der Waals surface area contributed by atoms with Gasteiger partial charge in [0.15, 0.2) is 0 Å². The van der Waals surface area contributed by atoms with Gasteiger partial charge in [-0.1, -0.05) is 0 Å². The number of nitrogens with zero attached hydrogens (tertiary/aromatic N) is 2. The number of benzene rings is 1. The van der Waals surface area contributed by atoms with E-state index >= 15 is 0 Å². The van der Waals surface area contributed by atoms with E-state index in [4.69, 9.17) is 3.98 Å². The van der Waals surface area contributed by atoms with E-state index in [0.717, 1.165) is 0 Å². The van der Waals surface area contributed by atoms with Gasteiger partial charge in [0.05, 0.1) is 0 Å². The van der Waals surface area contributed by atoms with Gasteiger partial charge in [-0.05, 0) is 0 Å². The molecule has 0 amide bonds. The van der Waals surface area contributed by atoms with Crippen LogP contribution in [-0.4, -0.2) is 43.7 Å². The third-order valence-corrected chi connectivity index (χ3v) is 4.95. The summed E-state index contributed by atoms with van der Waals surface area (Å²) in [5.74, 6) is 0.681. The Hall–Kier alpha value is -0.631. The van der Waals surface area contributed by atoms with Crippen molar-refractivity contribution in [3.05, 3.63) is 30.0 Å². The van der Waals surface area contributed by atoms with Crippen LogP contribution in [0.3, 0.4) is 0 Å². The number of aromatic nitrogens is 1. The van der Waals surface area contributed by atoms with Crippen molar-refractivity contribution in [1.29, 1.82) is 0 Å². The molecule has 0 unspecified atom stereocenters. The van der Waals surface area contributed by atoms with Crippen LogP contribution in [0.1, 0.15) is 18.0 Å². The molecule has 1 aromatic heterocycles. The molecule has 0 bridgehead atoms. The van der Waals surface area contributed by atoms with Gasteiger partial charge in [-0.2, -0.15) is 0 Å². The molecule has 0 saturated carbocycles. The molecule has 1 aliphatic heterocycles. The zero-order valence-electron chi connectivity index (χ0n) is 8.81. The van der Waals surface area contributed by atoms with Crippen LogP contribution in [0.2, 0.25) is 0 Å². The Morgan fingerprint density at radius 2 is 2.27 bits per heavy atom. The van der Waals surface area contributed by atoms with Gasteiger partial charge in [0, 0.05) is 0 Å². The van der Waals surface area contributed by atoms with E-state index in [1.807, 2.05) is 0 Å². The summed E-state index contributed by atoms with van der Waals surface area (Å²) in [4.78, 5) is 2.40. The van der Waals surface area contributed by atoms with Crippen molar-refractivity contribution in [2.45, 2.75) is 12.3 Å². The molecule has 1 fully saturated rings. The number of likely N-dealkylation sites (tertiary alicyclic amines) is 1. The van der Waals surface area contributed by atoms with E-state index in [1.54, 1.807) is 0 Å². The standard InChI is InChI=1S/C12H14N2Se/c1-14-7-6-9(8-14)12-10-4-2-3-5-11(10)15-13-12/h2-5,9H,6-8H2,1H3/t9-/m1/s1. The average molecular weight is 265 g/mol. The van der Waals surface area contributed by atoms with Crippen LogP contribution < -0.4 is 0 Å². The second kappa shape index (κ2) is 3.75. The molecule has 15 heavy (non-hydrogen) atoms. The maximum absolute atomic E-state index is 4.77. The fraction of sp³-hybridized carbons (Fsp3) is 0.417. The van der Waals surface area contributed by atoms with Crippen molar-refractivity contribution in [2.75, 3.05) is 20.1 Å². The van der Waals surface area contributed by atoms with Crippen molar-refractivity contribution < 1.29 is 0 Å². The molecule has 3 heteroatoms. The number of likely N-dealkylation sites (N-methyl/N-ethyl adjacent to an activating group) is 1. The molecule has 78 valence electrons. The third-order valence-electron chi connectivity index (χ3n) is 3.18. The first-order valence-electron chi connectivity index (χ1n) is 5.37. The number of rotatable bonds is 1. The molecule has 0 spiro atoms. The summed E-state index contributed by atoms with van der Waals surface area (Å²) in [5, 5.41) is 1.43. The first-order chi connectivity index (χ1) is 7.34. The Morgan fingerprint density at radius 3 is 3.07 bits per heavy atom. The van der Waals surface area contributed by atoms with Crippen molar-refractivity contribution in [3.8, 4) is 0 Å². The molecular formula is C12H14N2Se. The van der Waals surface area contributed by atoms with E-state index in [0.29, 0.717) is 20.7 Å². The summed E-state index contributed by atoms with van der Waals surface area (Å²) in [7, 11) is 2.20. The zero-order valence-corrected chi connectivity index (χ0v) is 10.5. The van der Waals surface area contributed by atoms with Gasteiger partial charge in [0.1, 0.15) is 0 Å². The Morgan fingerprint density at radius 1 is 1.40 bits per heavy atom. The van der Waals surface area contributed by atoms with Crippen LogP contribution in [0.4, 0.5) is 0 Å². The first-order valence-corrected chi connectivity index (χ1v) is 7.00. The molecule has 0 radical (unpaired) electrons. The number of hydrogen-bond acceptors (Lipinski definition) is 2. The minimum atomic E-state index is 0.340. The van der Waals surface area contributed by atoms with Crippen molar-refractivity contribution >= 4 is 24.4 Å². The molecule has 0 aliphatic carbocycles. The van der Waals surface area contributed by atoms with Gasteiger partial charge >= 0.3 is 95.7 Å². The summed E-state index contributed by atoms with van der Waals surface area (Å²) < 4.78 is 6.24. The second-order valence-corrected chi connectivity index (χ2v) is 6.00. The molecule has 2 aromatic rings. The van der Waals surface area contributed by atoms with Crippen molar-refractivity contribution in [3.63, 3.8) is 0 Å². The van der Waals surface area contributed by atoms with Crippen molar-refractivity contribution in [1.82, 2.24) is 8.88 Å². The monoisotopic (exact) mass is 266 g/mol. The summed E-state index contributed by atoms with van der Waals surface area (Å²) in [6.07, 6.45) is 1.28. The average Bonchev–Trinajstić information content (AvgIpc) is 2.83. The van der Waals surface area contributed by atoms with Gasteiger partial charge < -0.3 is 0 Å². The fourth-order valence-corrected chi connectivity index (χ4v) is 4.15. The minimum absolute atomic E-state index is 0.340. The van der Waals surface area contributed by atoms with E-state index < -0.39 is 0 Å². The quantitative estimate of drug-likeness (QED) is 0.730. The Bertz CT molecular complexity index is 477. The Labute approximate surface area is 95.9 Å². The third kappa shape index (κ3) is 1.65. The van der Waals surface area contributed by atoms with E-state index in [2.05, 4.69) is 36.2 Å². The van der Waals surface area contributed by atoms with Gasteiger partial charge in [-0.15, -0.1) is 0 Å². The van der Waals surface area contributed by atoms with E-state index in [9.17, 15) is 0 Å². The van der Waals surface area contributed by atoms with Gasteiger partial charge in [0.2, 0.25) is 0 Å². The molecule has 1 saturated heterocycles. The summed E-state index contributed by atoms with van der Waals surface area (Å²) >= 11 is 0.340. The van der Waals surface area contributed by atoms with Gasteiger partial charge in [-0.25, -0.2) is 0 Å². The van der Waals surface area contributed by atoms with Crippen LogP contribution in [0.15, 0.2) is 24.3 Å². The molecule has 3 rings (SSSR count). The second-order valence-electron chi connectivity index (χ2n) is 4.31. The van der Waals surface area contributed by atoms with Crippen molar-refractivity contribution in [2.24, 2.45) is 0 Å². The predicted molar refractivity (Wildman–Crippen MR) is 63.5 cm³/mol. The van der Waals surface area contributed by atoms with Gasteiger partial charge in [0.25, 0.3) is 0 Å². The summed E-state index contributed by atoms with van der Waals surface area (Å²) in [6, 6.07) is 8.72. The number of hydrogen-bond donors (Lipinski definition) is 0. The fourth-order valence-electron chi connectivity index (χ4n) is 2.36. The molecular weight excluding hydrogens is 251 g/mol. The molecule has 1 aliphatic rings. The first kappa shape index (κ1) is 9.59. The molecule has 1 atom stereocenters. The SMILES string of the molecule is CN1CC[C@@H](c2n[se]c3ccccc23)C1. The van der Waals surface area contributed by atoms with Crippen LogP contribution in [0, 0.1) is 0 Å².